The van der Waals surface area contributed by atoms with Gasteiger partial charge >= 0.3 is 0 Å². The van der Waals surface area contributed by atoms with Crippen molar-refractivity contribution in [1.29, 1.82) is 0 Å². The van der Waals surface area contributed by atoms with Crippen LogP contribution in [0.5, 0.6) is 11.5 Å². The van der Waals surface area contributed by atoms with Gasteiger partial charge in [-0.1, -0.05) is 13.8 Å². The van der Waals surface area contributed by atoms with E-state index in [-0.39, 0.29) is 10.5 Å². The number of nitrogens with one attached hydrogen (secondary N) is 1. The van der Waals surface area contributed by atoms with E-state index in [0.717, 1.165) is 0 Å². The summed E-state index contributed by atoms with van der Waals surface area (Å²) in [6.07, 6.45) is 0. The first-order chi connectivity index (χ1) is 12.9. The maximum atomic E-state index is 12.7. The predicted molar refractivity (Wildman–Crippen MR) is 104 cm³/mol. The van der Waals surface area contributed by atoms with E-state index in [9.17, 15) is 13.2 Å². The minimum absolute atomic E-state index is 0.0480. The van der Waals surface area contributed by atoms with Crippen molar-refractivity contribution in [1.82, 2.24) is 4.31 Å². The van der Waals surface area contributed by atoms with Crippen LogP contribution in [-0.2, 0) is 10.0 Å². The van der Waals surface area contributed by atoms with Crippen molar-refractivity contribution < 1.29 is 22.7 Å². The molecule has 0 aliphatic heterocycles. The lowest BCUT2D eigenvalue weighted by Gasteiger charge is -2.19. The number of hydrogen-bond acceptors (Lipinski definition) is 5. The van der Waals surface area contributed by atoms with Crippen molar-refractivity contribution in [2.24, 2.45) is 0 Å². The average molecular weight is 392 g/mol. The Kier molecular flexibility index (Phi) is 6.81. The van der Waals surface area contributed by atoms with Gasteiger partial charge in [0.25, 0.3) is 5.91 Å². The third-order valence-corrected chi connectivity index (χ3v) is 6.15. The zero-order valence-corrected chi connectivity index (χ0v) is 16.7. The molecule has 1 amide bonds. The van der Waals surface area contributed by atoms with Gasteiger partial charge in [-0.15, -0.1) is 0 Å². The van der Waals surface area contributed by atoms with Gasteiger partial charge in [-0.2, -0.15) is 4.31 Å². The van der Waals surface area contributed by atoms with E-state index in [1.807, 2.05) is 0 Å². The molecule has 0 radical (unpaired) electrons. The quantitative estimate of drug-likeness (QED) is 0.746. The number of ether oxygens (including phenoxy) is 2. The highest BCUT2D eigenvalue weighted by Crippen LogP contribution is 2.26. The number of benzene rings is 2. The number of methoxy groups -OCH3 is 2. The third-order valence-electron chi connectivity index (χ3n) is 4.11. The van der Waals surface area contributed by atoms with E-state index in [2.05, 4.69) is 5.32 Å². The van der Waals surface area contributed by atoms with Crippen LogP contribution in [0, 0.1) is 0 Å². The highest BCUT2D eigenvalue weighted by molar-refractivity contribution is 7.89. The fourth-order valence-corrected chi connectivity index (χ4v) is 4.10. The van der Waals surface area contributed by atoms with Gasteiger partial charge in [0.15, 0.2) is 0 Å². The molecule has 0 spiro atoms. The van der Waals surface area contributed by atoms with Crippen LogP contribution in [0.3, 0.4) is 0 Å². The Bertz CT molecular complexity index is 891. The Hall–Kier alpha value is -2.58. The van der Waals surface area contributed by atoms with Crippen LogP contribution in [0.4, 0.5) is 5.69 Å². The summed E-state index contributed by atoms with van der Waals surface area (Å²) < 4.78 is 37.1. The molecular weight excluding hydrogens is 368 g/mol. The van der Waals surface area contributed by atoms with E-state index in [0.29, 0.717) is 30.3 Å². The summed E-state index contributed by atoms with van der Waals surface area (Å²) in [5.74, 6) is 0.492. The monoisotopic (exact) mass is 392 g/mol. The van der Waals surface area contributed by atoms with E-state index < -0.39 is 15.9 Å². The van der Waals surface area contributed by atoms with Gasteiger partial charge in [0.05, 0.1) is 24.7 Å². The molecule has 0 heterocycles. The lowest BCUT2D eigenvalue weighted by Crippen LogP contribution is -2.30. The molecule has 0 saturated heterocycles. The van der Waals surface area contributed by atoms with Crippen LogP contribution in [0.2, 0.25) is 0 Å². The van der Waals surface area contributed by atoms with E-state index in [4.69, 9.17) is 9.47 Å². The van der Waals surface area contributed by atoms with Crippen LogP contribution in [-0.4, -0.2) is 45.9 Å². The van der Waals surface area contributed by atoms with Gasteiger partial charge in [-0.3, -0.25) is 4.79 Å². The molecule has 1 N–H and O–H groups in total. The maximum absolute atomic E-state index is 12.7. The molecule has 0 atom stereocenters. The molecule has 0 saturated carbocycles. The number of anilines is 1. The molecule has 27 heavy (non-hydrogen) atoms. The number of amides is 1. The molecule has 7 nitrogen and oxygen atoms in total. The number of sulfonamides is 1. The fraction of sp³-hybridized carbons (Fsp3) is 0.316. The SMILES string of the molecule is CCN(CC)S(=O)(=O)c1ccc(OC)c(C(=O)Nc2ccc(OC)cc2)c1. The maximum Gasteiger partial charge on any atom is 0.259 e. The molecule has 2 rings (SSSR count). The topological polar surface area (TPSA) is 84.9 Å². The first-order valence-corrected chi connectivity index (χ1v) is 9.95. The number of rotatable bonds is 8. The largest absolute Gasteiger partial charge is 0.497 e. The summed E-state index contributed by atoms with van der Waals surface area (Å²) >= 11 is 0. The number of carbonyl (C=O) groups is 1. The van der Waals surface area contributed by atoms with Gasteiger partial charge in [0.2, 0.25) is 10.0 Å². The normalized spacial score (nSPS) is 11.3. The van der Waals surface area contributed by atoms with Gasteiger partial charge in [-0.25, -0.2) is 8.42 Å². The second-order valence-corrected chi connectivity index (χ2v) is 7.57. The number of hydrogen-bond donors (Lipinski definition) is 1. The van der Waals surface area contributed by atoms with E-state index in [1.165, 1.54) is 29.6 Å². The van der Waals surface area contributed by atoms with Crippen LogP contribution in [0.1, 0.15) is 24.2 Å². The molecule has 0 unspecified atom stereocenters. The standard InChI is InChI=1S/C19H24N2O5S/c1-5-21(6-2)27(23,24)16-11-12-18(26-4)17(13-16)19(22)20-14-7-9-15(25-3)10-8-14/h7-13H,5-6H2,1-4H3,(H,20,22). The summed E-state index contributed by atoms with van der Waals surface area (Å²) in [4.78, 5) is 12.8. The third kappa shape index (κ3) is 4.58. The first-order valence-electron chi connectivity index (χ1n) is 8.50. The van der Waals surface area contributed by atoms with Crippen molar-refractivity contribution in [2.75, 3.05) is 32.6 Å². The minimum Gasteiger partial charge on any atom is -0.497 e. The zero-order chi connectivity index (χ0) is 20.0. The van der Waals surface area contributed by atoms with Crippen molar-refractivity contribution in [2.45, 2.75) is 18.7 Å². The molecule has 0 aliphatic carbocycles. The highest BCUT2D eigenvalue weighted by Gasteiger charge is 2.24. The fourth-order valence-electron chi connectivity index (χ4n) is 2.61. The zero-order valence-electron chi connectivity index (χ0n) is 15.9. The summed E-state index contributed by atoms with van der Waals surface area (Å²) in [7, 11) is -0.698. The van der Waals surface area contributed by atoms with Crippen molar-refractivity contribution >= 4 is 21.6 Å². The molecule has 0 aromatic heterocycles. The number of carbonyl (C=O) groups excluding carboxylic acids is 1. The first kappa shape index (κ1) is 20.7. The van der Waals surface area contributed by atoms with Gasteiger partial charge in [-0.05, 0) is 42.5 Å². The summed E-state index contributed by atoms with van der Waals surface area (Å²) in [5.41, 5.74) is 0.696. The summed E-state index contributed by atoms with van der Waals surface area (Å²) in [5, 5.41) is 2.74. The Morgan fingerprint density at radius 2 is 1.63 bits per heavy atom. The highest BCUT2D eigenvalue weighted by atomic mass is 32.2. The Balaban J connectivity index is 2.37. The van der Waals surface area contributed by atoms with Crippen LogP contribution < -0.4 is 14.8 Å². The van der Waals surface area contributed by atoms with Gasteiger partial charge in [0, 0.05) is 18.8 Å². The van der Waals surface area contributed by atoms with Crippen molar-refractivity contribution in [3.63, 3.8) is 0 Å². The molecule has 2 aromatic rings. The van der Waals surface area contributed by atoms with Gasteiger partial charge in [0.1, 0.15) is 11.5 Å². The van der Waals surface area contributed by atoms with Crippen LogP contribution in [0.15, 0.2) is 47.4 Å². The lowest BCUT2D eigenvalue weighted by molar-refractivity contribution is 0.102. The van der Waals surface area contributed by atoms with Crippen molar-refractivity contribution in [3.8, 4) is 11.5 Å². The second-order valence-electron chi connectivity index (χ2n) is 5.63. The minimum atomic E-state index is -3.68. The van der Waals surface area contributed by atoms with Gasteiger partial charge < -0.3 is 14.8 Å². The van der Waals surface area contributed by atoms with E-state index in [1.54, 1.807) is 45.2 Å². The van der Waals surface area contributed by atoms with Crippen molar-refractivity contribution in [3.05, 3.63) is 48.0 Å². The lowest BCUT2D eigenvalue weighted by atomic mass is 10.2. The summed E-state index contributed by atoms with van der Waals surface area (Å²) in [6.45, 7) is 4.22. The Labute approximate surface area is 160 Å². The van der Waals surface area contributed by atoms with E-state index >= 15 is 0 Å². The number of nitrogens with zero attached hydrogens (tertiary/aromatic N) is 1. The van der Waals surface area contributed by atoms with Crippen LogP contribution >= 0.6 is 0 Å². The molecule has 0 bridgehead atoms. The predicted octanol–water partition coefficient (Wildman–Crippen LogP) is 2.99. The van der Waals surface area contributed by atoms with Crippen LogP contribution in [0.25, 0.3) is 0 Å². The summed E-state index contributed by atoms with van der Waals surface area (Å²) in [6, 6.07) is 11.1. The molecule has 0 aliphatic rings. The molecule has 0 fully saturated rings. The molecular formula is C19H24N2O5S. The molecule has 8 heteroatoms. The molecule has 2 aromatic carbocycles. The second kappa shape index (κ2) is 8.88. The Morgan fingerprint density at radius 1 is 1.00 bits per heavy atom. The Morgan fingerprint density at radius 3 is 2.15 bits per heavy atom. The molecule has 146 valence electrons. The smallest absolute Gasteiger partial charge is 0.259 e. The average Bonchev–Trinajstić information content (AvgIpc) is 2.68.